The van der Waals surface area contributed by atoms with Gasteiger partial charge in [-0.25, -0.2) is 8.78 Å². The first-order chi connectivity index (χ1) is 9.25. The Hall–Kier alpha value is -1.74. The van der Waals surface area contributed by atoms with Crippen molar-refractivity contribution in [2.75, 3.05) is 6.54 Å². The van der Waals surface area contributed by atoms with Crippen LogP contribution in [-0.2, 0) is 6.42 Å². The molecule has 0 aromatic heterocycles. The summed E-state index contributed by atoms with van der Waals surface area (Å²) < 4.78 is 24.8. The number of halogens is 2. The van der Waals surface area contributed by atoms with Crippen LogP contribution in [0.15, 0.2) is 60.7 Å². The first-order valence-corrected chi connectivity index (χ1v) is 6.36. The molecule has 19 heavy (non-hydrogen) atoms. The van der Waals surface area contributed by atoms with Crippen LogP contribution in [-0.4, -0.2) is 13.0 Å². The summed E-state index contributed by atoms with van der Waals surface area (Å²) in [5.41, 5.74) is 2.17. The molecule has 2 aromatic rings. The Morgan fingerprint density at radius 1 is 0.842 bits per heavy atom. The summed E-state index contributed by atoms with van der Waals surface area (Å²) in [6.07, 6.45) is -1.63. The highest BCUT2D eigenvalue weighted by Gasteiger charge is 2.13. The molecule has 0 heterocycles. The van der Waals surface area contributed by atoms with E-state index in [0.717, 1.165) is 11.1 Å². The van der Waals surface area contributed by atoms with Crippen molar-refractivity contribution in [3.05, 3.63) is 71.8 Å². The fourth-order valence-corrected chi connectivity index (χ4v) is 2.07. The Bertz CT molecular complexity index is 471. The van der Waals surface area contributed by atoms with Gasteiger partial charge in [0, 0.05) is 6.04 Å². The molecule has 0 saturated carbocycles. The van der Waals surface area contributed by atoms with Gasteiger partial charge in [0.1, 0.15) is 0 Å². The van der Waals surface area contributed by atoms with E-state index in [9.17, 15) is 8.78 Å². The molecule has 100 valence electrons. The third-order valence-corrected chi connectivity index (χ3v) is 3.00. The van der Waals surface area contributed by atoms with Crippen molar-refractivity contribution >= 4 is 0 Å². The summed E-state index contributed by atoms with van der Waals surface area (Å²) in [6.45, 7) is -0.285. The van der Waals surface area contributed by atoms with Gasteiger partial charge >= 0.3 is 0 Å². The normalized spacial score (nSPS) is 12.6. The van der Waals surface area contributed by atoms with Crippen molar-refractivity contribution in [3.8, 4) is 0 Å². The van der Waals surface area contributed by atoms with E-state index in [1.165, 1.54) is 0 Å². The smallest absolute Gasteiger partial charge is 0.250 e. The van der Waals surface area contributed by atoms with Gasteiger partial charge < -0.3 is 5.32 Å². The molecule has 0 spiro atoms. The molecule has 0 radical (unpaired) electrons. The summed E-state index contributed by atoms with van der Waals surface area (Å²) in [5.74, 6) is 0. The molecule has 2 rings (SSSR count). The van der Waals surface area contributed by atoms with Crippen molar-refractivity contribution < 1.29 is 8.78 Å². The van der Waals surface area contributed by atoms with Crippen LogP contribution < -0.4 is 5.32 Å². The molecule has 1 N–H and O–H groups in total. The molecule has 0 aliphatic rings. The molecular formula is C16H17F2N. The molecule has 1 unspecified atom stereocenters. The summed E-state index contributed by atoms with van der Waals surface area (Å²) in [5, 5.41) is 2.93. The van der Waals surface area contributed by atoms with Gasteiger partial charge in [0.25, 0.3) is 6.43 Å². The number of hydrogen-bond acceptors (Lipinski definition) is 1. The molecule has 0 aliphatic heterocycles. The summed E-state index contributed by atoms with van der Waals surface area (Å²) in [6, 6.07) is 19.5. The van der Waals surface area contributed by atoms with Gasteiger partial charge in [-0.3, -0.25) is 0 Å². The van der Waals surface area contributed by atoms with Gasteiger partial charge in [0.2, 0.25) is 0 Å². The maximum atomic E-state index is 12.4. The second-order valence-corrected chi connectivity index (χ2v) is 4.45. The van der Waals surface area contributed by atoms with Gasteiger partial charge in [0.05, 0.1) is 6.54 Å². The fraction of sp³-hybridized carbons (Fsp3) is 0.250. The van der Waals surface area contributed by atoms with E-state index in [1.807, 2.05) is 60.7 Å². The van der Waals surface area contributed by atoms with E-state index in [0.29, 0.717) is 6.42 Å². The highest BCUT2D eigenvalue weighted by atomic mass is 19.3. The average molecular weight is 261 g/mol. The van der Waals surface area contributed by atoms with Crippen molar-refractivity contribution in [2.24, 2.45) is 0 Å². The van der Waals surface area contributed by atoms with Crippen molar-refractivity contribution in [1.82, 2.24) is 5.32 Å². The van der Waals surface area contributed by atoms with Gasteiger partial charge in [-0.2, -0.15) is 0 Å². The van der Waals surface area contributed by atoms with Crippen molar-refractivity contribution in [3.63, 3.8) is 0 Å². The molecule has 0 amide bonds. The third kappa shape index (κ3) is 4.45. The predicted octanol–water partition coefficient (Wildman–Crippen LogP) is 3.83. The average Bonchev–Trinajstić information content (AvgIpc) is 2.45. The second kappa shape index (κ2) is 7.00. The van der Waals surface area contributed by atoms with Crippen LogP contribution in [0.5, 0.6) is 0 Å². The van der Waals surface area contributed by atoms with Crippen LogP contribution in [0.1, 0.15) is 17.2 Å². The summed E-state index contributed by atoms with van der Waals surface area (Å²) >= 11 is 0. The van der Waals surface area contributed by atoms with E-state index in [2.05, 4.69) is 5.32 Å². The molecule has 1 nitrogen and oxygen atoms in total. The Morgan fingerprint density at radius 2 is 1.42 bits per heavy atom. The largest absolute Gasteiger partial charge is 0.304 e. The lowest BCUT2D eigenvalue weighted by molar-refractivity contribution is 0.141. The van der Waals surface area contributed by atoms with Gasteiger partial charge in [-0.15, -0.1) is 0 Å². The minimum atomic E-state index is -2.33. The number of rotatable bonds is 6. The first-order valence-electron chi connectivity index (χ1n) is 6.36. The summed E-state index contributed by atoms with van der Waals surface area (Å²) in [7, 11) is 0. The lowest BCUT2D eigenvalue weighted by Crippen LogP contribution is -2.28. The molecule has 0 aliphatic carbocycles. The number of alkyl halides is 2. The monoisotopic (exact) mass is 261 g/mol. The maximum Gasteiger partial charge on any atom is 0.250 e. The minimum absolute atomic E-state index is 0.0856. The Labute approximate surface area is 112 Å². The molecule has 0 bridgehead atoms. The van der Waals surface area contributed by atoms with Crippen molar-refractivity contribution in [2.45, 2.75) is 18.9 Å². The zero-order valence-corrected chi connectivity index (χ0v) is 10.6. The molecular weight excluding hydrogens is 244 g/mol. The topological polar surface area (TPSA) is 12.0 Å². The zero-order chi connectivity index (χ0) is 13.5. The SMILES string of the molecule is FC(F)CNC(Cc1ccccc1)c1ccccc1. The Kier molecular flexibility index (Phi) is 5.04. The quantitative estimate of drug-likeness (QED) is 0.833. The molecule has 1 atom stereocenters. The van der Waals surface area contributed by atoms with Crippen LogP contribution in [0.2, 0.25) is 0 Å². The van der Waals surface area contributed by atoms with E-state index in [4.69, 9.17) is 0 Å². The highest BCUT2D eigenvalue weighted by Crippen LogP contribution is 2.18. The van der Waals surface area contributed by atoms with Gasteiger partial charge in [0.15, 0.2) is 0 Å². The third-order valence-electron chi connectivity index (χ3n) is 3.00. The zero-order valence-electron chi connectivity index (χ0n) is 10.6. The minimum Gasteiger partial charge on any atom is -0.304 e. The second-order valence-electron chi connectivity index (χ2n) is 4.45. The lowest BCUT2D eigenvalue weighted by atomic mass is 9.99. The van der Waals surface area contributed by atoms with E-state index in [-0.39, 0.29) is 12.6 Å². The number of nitrogens with one attached hydrogen (secondary N) is 1. The molecule has 0 saturated heterocycles. The van der Waals surface area contributed by atoms with Gasteiger partial charge in [-0.05, 0) is 17.5 Å². The number of hydrogen-bond donors (Lipinski definition) is 1. The van der Waals surface area contributed by atoms with Crippen LogP contribution >= 0.6 is 0 Å². The molecule has 0 fully saturated rings. The van der Waals surface area contributed by atoms with E-state index >= 15 is 0 Å². The number of benzene rings is 2. The Morgan fingerprint density at radius 3 is 2.00 bits per heavy atom. The van der Waals surface area contributed by atoms with E-state index < -0.39 is 6.43 Å². The van der Waals surface area contributed by atoms with E-state index in [1.54, 1.807) is 0 Å². The van der Waals surface area contributed by atoms with Crippen molar-refractivity contribution in [1.29, 1.82) is 0 Å². The summed E-state index contributed by atoms with van der Waals surface area (Å²) in [4.78, 5) is 0. The Balaban J connectivity index is 2.10. The van der Waals surface area contributed by atoms with Crippen LogP contribution in [0, 0.1) is 0 Å². The fourth-order valence-electron chi connectivity index (χ4n) is 2.07. The first kappa shape index (κ1) is 13.7. The highest BCUT2D eigenvalue weighted by molar-refractivity contribution is 5.23. The predicted molar refractivity (Wildman–Crippen MR) is 73.3 cm³/mol. The standard InChI is InChI=1S/C16H17F2N/c17-16(18)12-19-15(14-9-5-2-6-10-14)11-13-7-3-1-4-8-13/h1-10,15-16,19H,11-12H2. The maximum absolute atomic E-state index is 12.4. The van der Waals surface area contributed by atoms with Crippen LogP contribution in [0.25, 0.3) is 0 Å². The molecule has 2 aromatic carbocycles. The molecule has 3 heteroatoms. The lowest BCUT2D eigenvalue weighted by Gasteiger charge is -2.19. The van der Waals surface area contributed by atoms with Crippen LogP contribution in [0.4, 0.5) is 8.78 Å². The van der Waals surface area contributed by atoms with Gasteiger partial charge in [-0.1, -0.05) is 60.7 Å². The van der Waals surface area contributed by atoms with Crippen LogP contribution in [0.3, 0.4) is 0 Å².